The molecule has 2 heterocycles. The summed E-state index contributed by atoms with van der Waals surface area (Å²) in [5, 5.41) is 0.892. The average molecular weight is 303 g/mol. The molecule has 1 aliphatic rings. The maximum Gasteiger partial charge on any atom is 0.349 e. The molecular weight excluding hydrogens is 286 g/mol. The molecule has 1 aromatic heterocycles. The second-order valence-electron chi connectivity index (χ2n) is 4.81. The quantitative estimate of drug-likeness (QED) is 0.814. The molecule has 0 radical (unpaired) electrons. The molecule has 0 unspecified atom stereocenters. The highest BCUT2D eigenvalue weighted by Crippen LogP contribution is 2.25. The Hall–Kier alpha value is -2.08. The number of esters is 1. The largest absolute Gasteiger partial charge is 0.465 e. The van der Waals surface area contributed by atoms with Gasteiger partial charge in [-0.1, -0.05) is 29.5 Å². The Kier molecular flexibility index (Phi) is 4.06. The molecule has 0 aliphatic carbocycles. The lowest BCUT2D eigenvalue weighted by molar-refractivity contribution is 0.0606. The zero-order valence-corrected chi connectivity index (χ0v) is 12.7. The van der Waals surface area contributed by atoms with Gasteiger partial charge in [0.15, 0.2) is 5.13 Å². The summed E-state index contributed by atoms with van der Waals surface area (Å²) in [5.74, 6) is -0.318. The van der Waals surface area contributed by atoms with Crippen molar-refractivity contribution in [2.75, 3.05) is 43.1 Å². The number of aromatic nitrogens is 1. The van der Waals surface area contributed by atoms with Crippen LogP contribution >= 0.6 is 11.3 Å². The van der Waals surface area contributed by atoms with E-state index < -0.39 is 0 Å². The van der Waals surface area contributed by atoms with Crippen LogP contribution in [0.1, 0.15) is 9.67 Å². The number of ether oxygens (including phenoxy) is 1. The first kappa shape index (κ1) is 13.9. The summed E-state index contributed by atoms with van der Waals surface area (Å²) in [6.07, 6.45) is 1.59. The molecule has 5 nitrogen and oxygen atoms in total. The van der Waals surface area contributed by atoms with E-state index in [9.17, 15) is 4.79 Å². The second kappa shape index (κ2) is 6.13. The molecule has 0 bridgehead atoms. The Balaban J connectivity index is 1.63. The Labute approximate surface area is 127 Å². The number of nitrogens with zero attached hydrogens (tertiary/aromatic N) is 3. The number of methoxy groups -OCH3 is 1. The second-order valence-corrected chi connectivity index (χ2v) is 5.82. The summed E-state index contributed by atoms with van der Waals surface area (Å²) in [4.78, 5) is 20.9. The van der Waals surface area contributed by atoms with Crippen molar-refractivity contribution in [3.05, 3.63) is 41.4 Å². The molecule has 1 fully saturated rings. The van der Waals surface area contributed by atoms with E-state index >= 15 is 0 Å². The van der Waals surface area contributed by atoms with E-state index in [1.54, 1.807) is 6.20 Å². The first-order valence-electron chi connectivity index (χ1n) is 6.87. The number of piperazine rings is 1. The highest BCUT2D eigenvalue weighted by Gasteiger charge is 2.21. The van der Waals surface area contributed by atoms with Crippen molar-refractivity contribution in [2.24, 2.45) is 0 Å². The lowest BCUT2D eigenvalue weighted by Gasteiger charge is -2.35. The van der Waals surface area contributed by atoms with Gasteiger partial charge in [0.25, 0.3) is 0 Å². The fourth-order valence-electron chi connectivity index (χ4n) is 2.40. The molecule has 0 atom stereocenters. The molecule has 2 aromatic rings. The lowest BCUT2D eigenvalue weighted by atomic mass is 10.2. The summed E-state index contributed by atoms with van der Waals surface area (Å²) >= 11 is 1.39. The van der Waals surface area contributed by atoms with Crippen molar-refractivity contribution in [3.8, 4) is 0 Å². The molecule has 1 aliphatic heterocycles. The van der Waals surface area contributed by atoms with Crippen molar-refractivity contribution in [1.29, 1.82) is 0 Å². The summed E-state index contributed by atoms with van der Waals surface area (Å²) in [7, 11) is 1.39. The predicted octanol–water partition coefficient (Wildman–Crippen LogP) is 2.26. The molecule has 0 N–H and O–H groups in total. The standard InChI is InChI=1S/C15H17N3O2S/c1-20-14(19)13-11-16-15(21-13)18-9-7-17(8-10-18)12-5-3-2-4-6-12/h2-6,11H,7-10H2,1H3. The number of hydrogen-bond donors (Lipinski definition) is 0. The van der Waals surface area contributed by atoms with Crippen LogP contribution in [0.25, 0.3) is 0 Å². The van der Waals surface area contributed by atoms with Crippen LogP contribution in [0.2, 0.25) is 0 Å². The summed E-state index contributed by atoms with van der Waals surface area (Å²) in [6, 6.07) is 10.4. The van der Waals surface area contributed by atoms with Gasteiger partial charge in [-0.2, -0.15) is 0 Å². The van der Waals surface area contributed by atoms with Gasteiger partial charge in [0.1, 0.15) is 4.88 Å². The zero-order valence-electron chi connectivity index (χ0n) is 11.9. The van der Waals surface area contributed by atoms with Crippen LogP contribution in [0.5, 0.6) is 0 Å². The Morgan fingerprint density at radius 2 is 1.81 bits per heavy atom. The SMILES string of the molecule is COC(=O)c1cnc(N2CCN(c3ccccc3)CC2)s1. The normalized spacial score (nSPS) is 15.1. The Morgan fingerprint density at radius 3 is 2.48 bits per heavy atom. The molecule has 110 valence electrons. The van der Waals surface area contributed by atoms with Crippen LogP contribution in [-0.4, -0.2) is 44.2 Å². The predicted molar refractivity (Wildman–Crippen MR) is 84.3 cm³/mol. The van der Waals surface area contributed by atoms with E-state index in [-0.39, 0.29) is 5.97 Å². The molecular formula is C15H17N3O2S. The minimum absolute atomic E-state index is 0.318. The number of carbonyl (C=O) groups is 1. The molecule has 0 saturated carbocycles. The number of benzene rings is 1. The maximum absolute atomic E-state index is 11.5. The number of anilines is 2. The number of carbonyl (C=O) groups excluding carboxylic acids is 1. The lowest BCUT2D eigenvalue weighted by Crippen LogP contribution is -2.46. The Morgan fingerprint density at radius 1 is 1.14 bits per heavy atom. The van der Waals surface area contributed by atoms with Crippen LogP contribution in [0.4, 0.5) is 10.8 Å². The van der Waals surface area contributed by atoms with Crippen LogP contribution in [0.3, 0.4) is 0 Å². The van der Waals surface area contributed by atoms with Gasteiger partial charge in [-0.3, -0.25) is 0 Å². The summed E-state index contributed by atoms with van der Waals surface area (Å²) < 4.78 is 4.72. The van der Waals surface area contributed by atoms with E-state index in [0.717, 1.165) is 31.3 Å². The van der Waals surface area contributed by atoms with Gasteiger partial charge >= 0.3 is 5.97 Å². The van der Waals surface area contributed by atoms with Crippen LogP contribution in [-0.2, 0) is 4.74 Å². The van der Waals surface area contributed by atoms with E-state index in [2.05, 4.69) is 39.0 Å². The smallest absolute Gasteiger partial charge is 0.349 e. The average Bonchev–Trinajstić information content (AvgIpc) is 3.05. The number of thiazole rings is 1. The summed E-state index contributed by atoms with van der Waals surface area (Å²) in [6.45, 7) is 3.72. The van der Waals surface area contributed by atoms with Crippen LogP contribution in [0.15, 0.2) is 36.5 Å². The van der Waals surface area contributed by atoms with Crippen molar-refractivity contribution >= 4 is 28.1 Å². The van der Waals surface area contributed by atoms with Gasteiger partial charge in [0.2, 0.25) is 0 Å². The van der Waals surface area contributed by atoms with Gasteiger partial charge in [-0.15, -0.1) is 0 Å². The molecule has 21 heavy (non-hydrogen) atoms. The molecule has 0 amide bonds. The zero-order chi connectivity index (χ0) is 14.7. The minimum Gasteiger partial charge on any atom is -0.465 e. The maximum atomic E-state index is 11.5. The van der Waals surface area contributed by atoms with Gasteiger partial charge < -0.3 is 14.5 Å². The Bertz CT molecular complexity index is 606. The third kappa shape index (κ3) is 3.00. The molecule has 1 aromatic carbocycles. The van der Waals surface area contributed by atoms with Crippen molar-refractivity contribution in [3.63, 3.8) is 0 Å². The fraction of sp³-hybridized carbons (Fsp3) is 0.333. The third-order valence-corrected chi connectivity index (χ3v) is 4.59. The molecule has 3 rings (SSSR count). The monoisotopic (exact) mass is 303 g/mol. The van der Waals surface area contributed by atoms with E-state index in [0.29, 0.717) is 4.88 Å². The van der Waals surface area contributed by atoms with Gasteiger partial charge in [-0.05, 0) is 12.1 Å². The van der Waals surface area contributed by atoms with Crippen LogP contribution < -0.4 is 9.80 Å². The highest BCUT2D eigenvalue weighted by atomic mass is 32.1. The first-order chi connectivity index (χ1) is 10.3. The topological polar surface area (TPSA) is 45.7 Å². The molecule has 0 spiro atoms. The van der Waals surface area contributed by atoms with Crippen molar-refractivity contribution < 1.29 is 9.53 Å². The molecule has 6 heteroatoms. The van der Waals surface area contributed by atoms with Crippen molar-refractivity contribution in [2.45, 2.75) is 0 Å². The number of hydrogen-bond acceptors (Lipinski definition) is 6. The van der Waals surface area contributed by atoms with Gasteiger partial charge in [0.05, 0.1) is 13.3 Å². The molecule has 1 saturated heterocycles. The number of rotatable bonds is 3. The van der Waals surface area contributed by atoms with Crippen molar-refractivity contribution in [1.82, 2.24) is 4.98 Å². The highest BCUT2D eigenvalue weighted by molar-refractivity contribution is 7.17. The first-order valence-corrected chi connectivity index (χ1v) is 7.68. The van der Waals surface area contributed by atoms with Gasteiger partial charge in [0, 0.05) is 31.9 Å². The van der Waals surface area contributed by atoms with Gasteiger partial charge in [-0.25, -0.2) is 9.78 Å². The third-order valence-electron chi connectivity index (χ3n) is 3.55. The van der Waals surface area contributed by atoms with E-state index in [1.807, 2.05) is 6.07 Å². The number of para-hydroxylation sites is 1. The minimum atomic E-state index is -0.318. The van der Waals surface area contributed by atoms with Crippen LogP contribution in [0, 0.1) is 0 Å². The summed E-state index contributed by atoms with van der Waals surface area (Å²) in [5.41, 5.74) is 1.26. The fourth-order valence-corrected chi connectivity index (χ4v) is 3.29. The van der Waals surface area contributed by atoms with E-state index in [1.165, 1.54) is 24.1 Å². The van der Waals surface area contributed by atoms with E-state index in [4.69, 9.17) is 4.74 Å².